The van der Waals surface area contributed by atoms with E-state index in [4.69, 9.17) is 0 Å². The lowest BCUT2D eigenvalue weighted by Gasteiger charge is -2.18. The first-order valence-electron chi connectivity index (χ1n) is 12.3. The molecule has 2 aliphatic carbocycles. The molecule has 0 amide bonds. The summed E-state index contributed by atoms with van der Waals surface area (Å²) >= 11 is 0.330. The summed E-state index contributed by atoms with van der Waals surface area (Å²) in [6.07, 6.45) is -22.3. The fourth-order valence-corrected chi connectivity index (χ4v) is 6.61. The molecule has 0 unspecified atom stereocenters. The van der Waals surface area contributed by atoms with Crippen molar-refractivity contribution in [2.24, 2.45) is 0 Å². The molecule has 1 heterocycles. The predicted molar refractivity (Wildman–Crippen MR) is 136 cm³/mol. The third-order valence-electron chi connectivity index (χ3n) is 6.42. The first-order valence-corrected chi connectivity index (χ1v) is 13.1. The fourth-order valence-electron chi connectivity index (χ4n) is 5.16. The number of nitriles is 4. The number of thiophene rings is 1. The molecule has 2 aliphatic rings. The monoisotopic (exact) mass is 720 g/mol. The van der Waals surface area contributed by atoms with Gasteiger partial charge in [0, 0.05) is 66.4 Å². The van der Waals surface area contributed by atoms with Gasteiger partial charge < -0.3 is 18.9 Å². The molecule has 3 aromatic rings. The number of ether oxygens (including phenoxy) is 4. The van der Waals surface area contributed by atoms with Crippen LogP contribution in [0.2, 0.25) is 0 Å². The van der Waals surface area contributed by atoms with Crippen LogP contribution >= 0.6 is 11.3 Å². The Balaban J connectivity index is 2.01. The standard InChI is InChI=1S/C28H4F12N4O4S/c29-25(30,31)45-11-1-13-17(9(5-41)6-42)23-21(19(13)15(3-11)47-27(35,36)37)22-20-14(18(24(22)49-23)10(7-43)8-44)2-12(46-26(32,33)34)4-16(20)48-28(38,39)40/h1-4H. The number of alkyl halides is 12. The number of benzene rings is 2. The zero-order valence-electron chi connectivity index (χ0n) is 22.7. The number of fused-ring (bicyclic) bond motifs is 7. The van der Waals surface area contributed by atoms with Gasteiger partial charge >= 0.3 is 25.4 Å². The van der Waals surface area contributed by atoms with Gasteiger partial charge in [-0.1, -0.05) is 0 Å². The Hall–Kier alpha value is -6.06. The molecule has 0 radical (unpaired) electrons. The number of halogens is 12. The van der Waals surface area contributed by atoms with Gasteiger partial charge in [0.15, 0.2) is 0 Å². The molecule has 1 aromatic heterocycles. The van der Waals surface area contributed by atoms with Crippen molar-refractivity contribution < 1.29 is 71.6 Å². The summed E-state index contributed by atoms with van der Waals surface area (Å²) in [4.78, 5) is -0.887. The summed E-state index contributed by atoms with van der Waals surface area (Å²) in [7, 11) is 0. The highest BCUT2D eigenvalue weighted by Crippen LogP contribution is 2.65. The second kappa shape index (κ2) is 11.3. The van der Waals surface area contributed by atoms with Crippen LogP contribution in [-0.4, -0.2) is 25.4 Å². The zero-order chi connectivity index (χ0) is 36.4. The molecule has 0 atom stereocenters. The van der Waals surface area contributed by atoms with Gasteiger partial charge in [-0.3, -0.25) is 0 Å². The molecule has 250 valence electrons. The van der Waals surface area contributed by atoms with Crippen LogP contribution in [0.25, 0.3) is 33.4 Å². The van der Waals surface area contributed by atoms with Gasteiger partial charge in [-0.15, -0.1) is 64.0 Å². The lowest BCUT2D eigenvalue weighted by molar-refractivity contribution is -0.278. The molecule has 5 rings (SSSR count). The second-order valence-corrected chi connectivity index (χ2v) is 10.4. The number of hydrogen-bond donors (Lipinski definition) is 0. The average molecular weight is 720 g/mol. The third-order valence-corrected chi connectivity index (χ3v) is 7.64. The summed E-state index contributed by atoms with van der Waals surface area (Å²) < 4.78 is 176. The van der Waals surface area contributed by atoms with E-state index in [2.05, 4.69) is 18.9 Å². The minimum Gasteiger partial charge on any atom is -0.406 e. The predicted octanol–water partition coefficient (Wildman–Crippen LogP) is 9.00. The van der Waals surface area contributed by atoms with Crippen molar-refractivity contribution >= 4 is 22.5 Å². The van der Waals surface area contributed by atoms with E-state index in [-0.39, 0.29) is 12.1 Å². The summed E-state index contributed by atoms with van der Waals surface area (Å²) in [6.45, 7) is 0. The van der Waals surface area contributed by atoms with E-state index in [1.807, 2.05) is 0 Å². The maximum atomic E-state index is 13.6. The molecular weight excluding hydrogens is 716 g/mol. The van der Waals surface area contributed by atoms with Crippen molar-refractivity contribution in [3.8, 4) is 69.5 Å². The molecule has 49 heavy (non-hydrogen) atoms. The van der Waals surface area contributed by atoms with Crippen molar-refractivity contribution in [1.82, 2.24) is 0 Å². The van der Waals surface area contributed by atoms with Crippen LogP contribution in [0.5, 0.6) is 23.0 Å². The van der Waals surface area contributed by atoms with Crippen LogP contribution < -0.4 is 18.9 Å². The molecule has 0 spiro atoms. The molecule has 8 nitrogen and oxygen atoms in total. The van der Waals surface area contributed by atoms with Crippen LogP contribution in [0.4, 0.5) is 52.7 Å². The van der Waals surface area contributed by atoms with Crippen molar-refractivity contribution in [1.29, 1.82) is 21.0 Å². The van der Waals surface area contributed by atoms with Crippen LogP contribution in [0, 0.1) is 45.3 Å². The molecule has 2 aromatic carbocycles. The minimum atomic E-state index is -5.66. The molecule has 21 heteroatoms. The summed E-state index contributed by atoms with van der Waals surface area (Å²) in [5.74, 6) is -5.66. The SMILES string of the molecule is N#CC(C#N)=C1c2cc(OC(F)(F)F)cc(OC(F)(F)F)c2-c2c1sc1c2-c2c(OC(F)(F)F)cc(OC(F)(F)F)cc2C1=C(C#N)C#N. The quantitative estimate of drug-likeness (QED) is 0.133. The first-order chi connectivity index (χ1) is 22.6. The number of nitrogens with zero attached hydrogens (tertiary/aromatic N) is 4. The zero-order valence-corrected chi connectivity index (χ0v) is 23.5. The van der Waals surface area contributed by atoms with Gasteiger partial charge in [0.25, 0.3) is 0 Å². The van der Waals surface area contributed by atoms with Crippen molar-refractivity contribution in [3.63, 3.8) is 0 Å². The van der Waals surface area contributed by atoms with Gasteiger partial charge in [0.2, 0.25) is 0 Å². The average Bonchev–Trinajstić information content (AvgIpc) is 3.53. The van der Waals surface area contributed by atoms with E-state index in [9.17, 15) is 73.7 Å². The largest absolute Gasteiger partial charge is 0.573 e. The normalized spacial score (nSPS) is 13.1. The minimum absolute atomic E-state index is 0.102. The maximum absolute atomic E-state index is 13.6. The molecular formula is C28H4F12N4O4S. The lowest BCUT2D eigenvalue weighted by Crippen LogP contribution is -2.20. The van der Waals surface area contributed by atoms with Crippen molar-refractivity contribution in [3.05, 3.63) is 56.3 Å². The van der Waals surface area contributed by atoms with E-state index >= 15 is 0 Å². The topological polar surface area (TPSA) is 132 Å². The van der Waals surface area contributed by atoms with Gasteiger partial charge in [0.05, 0.1) is 0 Å². The molecule has 0 aliphatic heterocycles. The Morgan fingerprint density at radius 3 is 1.04 bits per heavy atom. The van der Waals surface area contributed by atoms with Crippen LogP contribution in [-0.2, 0) is 0 Å². The number of hydrogen-bond acceptors (Lipinski definition) is 9. The van der Waals surface area contributed by atoms with Gasteiger partial charge in [-0.25, -0.2) is 0 Å². The molecule has 0 bridgehead atoms. The Morgan fingerprint density at radius 2 is 0.776 bits per heavy atom. The highest BCUT2D eigenvalue weighted by Gasteiger charge is 2.46. The Kier molecular flexibility index (Phi) is 7.89. The molecule has 0 saturated heterocycles. The highest BCUT2D eigenvalue weighted by molar-refractivity contribution is 7.16. The van der Waals surface area contributed by atoms with Crippen molar-refractivity contribution in [2.45, 2.75) is 25.4 Å². The van der Waals surface area contributed by atoms with Crippen LogP contribution in [0.1, 0.15) is 20.9 Å². The van der Waals surface area contributed by atoms with Gasteiger partial charge in [0.1, 0.15) is 58.4 Å². The summed E-state index contributed by atoms with van der Waals surface area (Å²) in [6, 6.07) is 6.77. The van der Waals surface area contributed by atoms with E-state index in [1.165, 1.54) is 24.3 Å². The smallest absolute Gasteiger partial charge is 0.406 e. The van der Waals surface area contributed by atoms with Crippen molar-refractivity contribution in [2.75, 3.05) is 0 Å². The lowest BCUT2D eigenvalue weighted by atomic mass is 9.96. The first kappa shape index (κ1) is 34.3. The Morgan fingerprint density at radius 1 is 0.469 bits per heavy atom. The Labute approximate surface area is 266 Å². The van der Waals surface area contributed by atoms with Gasteiger partial charge in [-0.2, -0.15) is 21.0 Å². The highest BCUT2D eigenvalue weighted by atomic mass is 32.1. The molecule has 0 saturated carbocycles. The van der Waals surface area contributed by atoms with E-state index < -0.39 is 114 Å². The van der Waals surface area contributed by atoms with Crippen LogP contribution in [0.3, 0.4) is 0 Å². The van der Waals surface area contributed by atoms with E-state index in [1.54, 1.807) is 0 Å². The number of allylic oxidation sites excluding steroid dienone is 2. The van der Waals surface area contributed by atoms with Gasteiger partial charge in [-0.05, 0) is 12.1 Å². The summed E-state index contributed by atoms with van der Waals surface area (Å²) in [5, 5.41) is 38.7. The third kappa shape index (κ3) is 6.44. The summed E-state index contributed by atoms with van der Waals surface area (Å²) in [5.41, 5.74) is -7.62. The van der Waals surface area contributed by atoms with E-state index in [0.717, 1.165) is 0 Å². The second-order valence-electron chi connectivity index (χ2n) is 9.34. The number of rotatable bonds is 4. The Bertz CT molecular complexity index is 2000. The molecule has 0 N–H and O–H groups in total. The maximum Gasteiger partial charge on any atom is 0.573 e. The molecule has 0 fully saturated rings. The fraction of sp³-hybridized carbons (Fsp3) is 0.143. The van der Waals surface area contributed by atoms with E-state index in [0.29, 0.717) is 23.5 Å². The van der Waals surface area contributed by atoms with Crippen LogP contribution in [0.15, 0.2) is 35.4 Å².